The van der Waals surface area contributed by atoms with Crippen molar-refractivity contribution in [3.8, 4) is 0 Å². The van der Waals surface area contributed by atoms with Crippen LogP contribution in [0.5, 0.6) is 0 Å². The topological polar surface area (TPSA) is 40.5 Å². The molecule has 0 saturated heterocycles. The van der Waals surface area contributed by atoms with Gasteiger partial charge in [-0.25, -0.2) is 0 Å². The van der Waals surface area contributed by atoms with Crippen LogP contribution in [0.3, 0.4) is 0 Å². The van der Waals surface area contributed by atoms with Crippen molar-refractivity contribution in [1.29, 1.82) is 0 Å². The van der Waals surface area contributed by atoms with Crippen molar-refractivity contribution in [2.24, 2.45) is 0 Å². The van der Waals surface area contributed by atoms with Gasteiger partial charge in [0.2, 0.25) is 0 Å². The maximum absolute atomic E-state index is 11.1. The first-order valence-corrected chi connectivity index (χ1v) is 5.37. The SMILES string of the molecule is CCCCN(CCO)C1=CC(=O)CC1. The summed E-state index contributed by atoms with van der Waals surface area (Å²) in [7, 11) is 0. The molecule has 1 N–H and O–H groups in total. The fourth-order valence-corrected chi connectivity index (χ4v) is 1.70. The van der Waals surface area contributed by atoms with Crippen LogP contribution in [0.25, 0.3) is 0 Å². The normalized spacial score (nSPS) is 15.9. The third kappa shape index (κ3) is 3.14. The van der Waals surface area contributed by atoms with Crippen molar-refractivity contribution < 1.29 is 9.90 Å². The van der Waals surface area contributed by atoms with Gasteiger partial charge in [0.05, 0.1) is 6.61 Å². The molecule has 0 saturated carbocycles. The zero-order valence-electron chi connectivity index (χ0n) is 8.83. The van der Waals surface area contributed by atoms with Crippen LogP contribution < -0.4 is 0 Å². The molecule has 1 rings (SSSR count). The van der Waals surface area contributed by atoms with Gasteiger partial charge in [0.25, 0.3) is 0 Å². The number of hydrogen-bond acceptors (Lipinski definition) is 3. The summed E-state index contributed by atoms with van der Waals surface area (Å²) >= 11 is 0. The average molecular weight is 197 g/mol. The van der Waals surface area contributed by atoms with Crippen molar-refractivity contribution in [2.45, 2.75) is 32.6 Å². The van der Waals surface area contributed by atoms with E-state index in [4.69, 9.17) is 5.11 Å². The summed E-state index contributed by atoms with van der Waals surface area (Å²) in [5, 5.41) is 8.91. The molecular weight excluding hydrogens is 178 g/mol. The fraction of sp³-hybridized carbons (Fsp3) is 0.727. The van der Waals surface area contributed by atoms with Gasteiger partial charge in [-0.1, -0.05) is 13.3 Å². The molecular formula is C11H19NO2. The Bertz CT molecular complexity index is 223. The summed E-state index contributed by atoms with van der Waals surface area (Å²) < 4.78 is 0. The van der Waals surface area contributed by atoms with Crippen LogP contribution in [0.1, 0.15) is 32.6 Å². The van der Waals surface area contributed by atoms with Gasteiger partial charge >= 0.3 is 0 Å². The Morgan fingerprint density at radius 1 is 1.43 bits per heavy atom. The number of carbonyl (C=O) groups is 1. The second-order valence-corrected chi connectivity index (χ2v) is 3.67. The lowest BCUT2D eigenvalue weighted by atomic mass is 10.2. The highest BCUT2D eigenvalue weighted by Crippen LogP contribution is 2.19. The monoisotopic (exact) mass is 197 g/mol. The first-order valence-electron chi connectivity index (χ1n) is 5.37. The van der Waals surface area contributed by atoms with E-state index in [0.717, 1.165) is 31.5 Å². The highest BCUT2D eigenvalue weighted by atomic mass is 16.3. The molecule has 0 radical (unpaired) electrons. The highest BCUT2D eigenvalue weighted by molar-refractivity contribution is 5.92. The van der Waals surface area contributed by atoms with Crippen molar-refractivity contribution in [1.82, 2.24) is 4.90 Å². The summed E-state index contributed by atoms with van der Waals surface area (Å²) in [6.07, 6.45) is 5.48. The van der Waals surface area contributed by atoms with Gasteiger partial charge in [0.15, 0.2) is 5.78 Å². The van der Waals surface area contributed by atoms with Gasteiger partial charge in [0.1, 0.15) is 0 Å². The number of nitrogens with zero attached hydrogens (tertiary/aromatic N) is 1. The lowest BCUT2D eigenvalue weighted by Crippen LogP contribution is -2.26. The van der Waals surface area contributed by atoms with Gasteiger partial charge in [0, 0.05) is 31.3 Å². The van der Waals surface area contributed by atoms with Crippen molar-refractivity contribution >= 4 is 5.78 Å². The van der Waals surface area contributed by atoms with Crippen LogP contribution >= 0.6 is 0 Å². The third-order valence-corrected chi connectivity index (χ3v) is 2.51. The Morgan fingerprint density at radius 2 is 2.21 bits per heavy atom. The van der Waals surface area contributed by atoms with Crippen molar-refractivity contribution in [2.75, 3.05) is 19.7 Å². The highest BCUT2D eigenvalue weighted by Gasteiger charge is 2.16. The Hall–Kier alpha value is -0.830. The largest absolute Gasteiger partial charge is 0.395 e. The molecule has 14 heavy (non-hydrogen) atoms. The van der Waals surface area contributed by atoms with Crippen LogP contribution in [-0.4, -0.2) is 35.5 Å². The minimum atomic E-state index is 0.162. The van der Waals surface area contributed by atoms with Gasteiger partial charge in [-0.2, -0.15) is 0 Å². The van der Waals surface area contributed by atoms with Crippen LogP contribution in [0.2, 0.25) is 0 Å². The van der Waals surface area contributed by atoms with E-state index in [2.05, 4.69) is 11.8 Å². The lowest BCUT2D eigenvalue weighted by Gasteiger charge is -2.24. The van der Waals surface area contributed by atoms with E-state index in [-0.39, 0.29) is 12.4 Å². The third-order valence-electron chi connectivity index (χ3n) is 2.51. The van der Waals surface area contributed by atoms with E-state index in [1.807, 2.05) is 0 Å². The Labute approximate surface area is 85.4 Å². The number of rotatable bonds is 6. The molecule has 3 nitrogen and oxygen atoms in total. The number of aliphatic hydroxyl groups is 1. The van der Waals surface area contributed by atoms with E-state index < -0.39 is 0 Å². The quantitative estimate of drug-likeness (QED) is 0.698. The molecule has 0 aliphatic heterocycles. The predicted molar refractivity (Wildman–Crippen MR) is 55.9 cm³/mol. The molecule has 0 aromatic carbocycles. The molecule has 80 valence electrons. The smallest absolute Gasteiger partial charge is 0.157 e. The molecule has 0 heterocycles. The molecule has 1 aliphatic rings. The summed E-state index contributed by atoms with van der Waals surface area (Å²) in [6, 6.07) is 0. The van der Waals surface area contributed by atoms with E-state index in [1.165, 1.54) is 0 Å². The number of allylic oxidation sites excluding steroid dienone is 2. The van der Waals surface area contributed by atoms with E-state index >= 15 is 0 Å². The number of ketones is 1. The zero-order valence-corrected chi connectivity index (χ0v) is 8.83. The lowest BCUT2D eigenvalue weighted by molar-refractivity contribution is -0.114. The summed E-state index contributed by atoms with van der Waals surface area (Å²) in [4.78, 5) is 13.2. The minimum Gasteiger partial charge on any atom is -0.395 e. The first-order chi connectivity index (χ1) is 6.77. The molecule has 0 bridgehead atoms. The van der Waals surface area contributed by atoms with Crippen LogP contribution in [0, 0.1) is 0 Å². The summed E-state index contributed by atoms with van der Waals surface area (Å²) in [5.41, 5.74) is 1.11. The molecule has 1 aliphatic carbocycles. The number of carbonyl (C=O) groups excluding carboxylic acids is 1. The molecule has 0 aromatic heterocycles. The van der Waals surface area contributed by atoms with E-state index in [1.54, 1.807) is 6.08 Å². The predicted octanol–water partition coefficient (Wildman–Crippen LogP) is 1.33. The number of unbranched alkanes of at least 4 members (excludes halogenated alkanes) is 1. The second-order valence-electron chi connectivity index (χ2n) is 3.67. The second kappa shape index (κ2) is 5.81. The van der Waals surface area contributed by atoms with Crippen LogP contribution in [0.4, 0.5) is 0 Å². The Kier molecular flexibility index (Phi) is 4.66. The van der Waals surface area contributed by atoms with Crippen molar-refractivity contribution in [3.63, 3.8) is 0 Å². The number of hydrogen-bond donors (Lipinski definition) is 1. The van der Waals surface area contributed by atoms with Crippen LogP contribution in [-0.2, 0) is 4.79 Å². The van der Waals surface area contributed by atoms with Crippen LogP contribution in [0.15, 0.2) is 11.8 Å². The van der Waals surface area contributed by atoms with Gasteiger partial charge in [-0.15, -0.1) is 0 Å². The molecule has 0 unspecified atom stereocenters. The number of aliphatic hydroxyl groups excluding tert-OH is 1. The molecule has 0 spiro atoms. The molecule has 0 amide bonds. The Balaban J connectivity index is 2.48. The van der Waals surface area contributed by atoms with Gasteiger partial charge in [-0.3, -0.25) is 4.79 Å². The standard InChI is InChI=1S/C11H19NO2/c1-2-3-6-12(7-8-13)10-4-5-11(14)9-10/h9,13H,2-8H2,1H3. The van der Waals surface area contributed by atoms with Gasteiger partial charge in [-0.05, 0) is 12.8 Å². The maximum atomic E-state index is 11.1. The molecule has 0 fully saturated rings. The van der Waals surface area contributed by atoms with Crippen molar-refractivity contribution in [3.05, 3.63) is 11.8 Å². The first kappa shape index (κ1) is 11.2. The molecule has 0 atom stereocenters. The summed E-state index contributed by atoms with van der Waals surface area (Å²) in [6.45, 7) is 3.91. The molecule has 0 aromatic rings. The Morgan fingerprint density at radius 3 is 2.71 bits per heavy atom. The van der Waals surface area contributed by atoms with Gasteiger partial charge < -0.3 is 10.0 Å². The average Bonchev–Trinajstić information content (AvgIpc) is 2.59. The zero-order chi connectivity index (χ0) is 10.4. The fourth-order valence-electron chi connectivity index (χ4n) is 1.70. The minimum absolute atomic E-state index is 0.162. The maximum Gasteiger partial charge on any atom is 0.157 e. The summed E-state index contributed by atoms with van der Waals surface area (Å²) in [5.74, 6) is 0.222. The molecule has 3 heteroatoms. The van der Waals surface area contributed by atoms with E-state index in [9.17, 15) is 4.79 Å². The van der Waals surface area contributed by atoms with E-state index in [0.29, 0.717) is 13.0 Å².